The molecule has 1 aromatic rings. The van der Waals surface area contributed by atoms with E-state index < -0.39 is 18.0 Å². The third-order valence-corrected chi connectivity index (χ3v) is 1.55. The van der Waals surface area contributed by atoms with Crippen LogP contribution in [0.1, 0.15) is 5.56 Å². The first-order valence-corrected chi connectivity index (χ1v) is 3.88. The number of rotatable bonds is 3. The number of halogens is 5. The van der Waals surface area contributed by atoms with Gasteiger partial charge < -0.3 is 4.74 Å². The van der Waals surface area contributed by atoms with Crippen molar-refractivity contribution in [1.82, 2.24) is 0 Å². The summed E-state index contributed by atoms with van der Waals surface area (Å²) in [6.07, 6.45) is -9.62. The van der Waals surface area contributed by atoms with Crippen molar-refractivity contribution < 1.29 is 31.5 Å². The fourth-order valence-electron chi connectivity index (χ4n) is 0.797. The Morgan fingerprint density at radius 2 is 1.50 bits per heavy atom. The van der Waals surface area contributed by atoms with Crippen molar-refractivity contribution in [3.8, 4) is 5.75 Å². The lowest BCUT2D eigenvalue weighted by atomic mass is 10.2. The quantitative estimate of drug-likeness (QED) is 0.758. The second kappa shape index (κ2) is 4.07. The number of carbonyl (C=O) groups excluding carboxylic acids is 1. The van der Waals surface area contributed by atoms with Crippen LogP contribution >= 0.6 is 0 Å². The molecule has 0 heterocycles. The molecule has 0 unspecified atom stereocenters. The van der Waals surface area contributed by atoms with Gasteiger partial charge in [0, 0.05) is 5.56 Å². The topological polar surface area (TPSA) is 26.3 Å². The molecule has 0 saturated carbocycles. The third-order valence-electron chi connectivity index (χ3n) is 1.55. The lowest BCUT2D eigenvalue weighted by Gasteiger charge is -2.19. The first kappa shape index (κ1) is 12.4. The fourth-order valence-corrected chi connectivity index (χ4v) is 0.797. The molecule has 1 radical (unpaired) electrons. The smallest absolute Gasteiger partial charge is 0.426 e. The minimum atomic E-state index is -5.79. The van der Waals surface area contributed by atoms with E-state index in [1.54, 1.807) is 0 Å². The Labute approximate surface area is 86.6 Å². The van der Waals surface area contributed by atoms with Crippen LogP contribution in [0.4, 0.5) is 22.0 Å². The van der Waals surface area contributed by atoms with Crippen molar-refractivity contribution in [3.63, 3.8) is 0 Å². The SMILES string of the molecule is O=[C]c1ccc(OC(F)(F)C(F)(F)F)cc1. The van der Waals surface area contributed by atoms with Crippen molar-refractivity contribution in [2.75, 3.05) is 0 Å². The molecular formula is C9H4F5O2. The summed E-state index contributed by atoms with van der Waals surface area (Å²) in [5.74, 6) is -0.693. The maximum absolute atomic E-state index is 12.4. The van der Waals surface area contributed by atoms with E-state index in [4.69, 9.17) is 0 Å². The molecule has 0 aliphatic carbocycles. The lowest BCUT2D eigenvalue weighted by Crippen LogP contribution is -2.41. The van der Waals surface area contributed by atoms with Crippen LogP contribution in [0.15, 0.2) is 24.3 Å². The Kier molecular flexibility index (Phi) is 3.16. The minimum Gasteiger partial charge on any atom is -0.426 e. The van der Waals surface area contributed by atoms with Crippen molar-refractivity contribution in [3.05, 3.63) is 29.8 Å². The van der Waals surface area contributed by atoms with Crippen LogP contribution in [0, 0.1) is 0 Å². The number of alkyl halides is 5. The minimum absolute atomic E-state index is 0.0164. The highest BCUT2D eigenvalue weighted by atomic mass is 19.4. The predicted molar refractivity (Wildman–Crippen MR) is 42.9 cm³/mol. The summed E-state index contributed by atoms with van der Waals surface area (Å²) >= 11 is 0. The van der Waals surface area contributed by atoms with Gasteiger partial charge in [-0.1, -0.05) is 0 Å². The molecule has 0 spiro atoms. The largest absolute Gasteiger partial charge is 0.499 e. The zero-order valence-electron chi connectivity index (χ0n) is 7.52. The third kappa shape index (κ3) is 2.68. The summed E-state index contributed by atoms with van der Waals surface area (Å²) in [7, 11) is 0. The van der Waals surface area contributed by atoms with Crippen molar-refractivity contribution in [2.24, 2.45) is 0 Å². The van der Waals surface area contributed by atoms with Crippen molar-refractivity contribution in [2.45, 2.75) is 12.3 Å². The van der Waals surface area contributed by atoms with Gasteiger partial charge in [-0.3, -0.25) is 4.79 Å². The second-order valence-corrected chi connectivity index (χ2v) is 2.74. The van der Waals surface area contributed by atoms with Crippen molar-refractivity contribution in [1.29, 1.82) is 0 Å². The van der Waals surface area contributed by atoms with Gasteiger partial charge in [0.1, 0.15) is 5.75 Å². The molecule has 16 heavy (non-hydrogen) atoms. The van der Waals surface area contributed by atoms with Gasteiger partial charge in [0.25, 0.3) is 0 Å². The zero-order chi connectivity index (χ0) is 12.4. The van der Waals surface area contributed by atoms with Gasteiger partial charge in [0.2, 0.25) is 6.29 Å². The van der Waals surface area contributed by atoms with Crippen LogP contribution in [0.2, 0.25) is 0 Å². The Balaban J connectivity index is 2.84. The molecule has 0 aliphatic heterocycles. The molecular weight excluding hydrogens is 235 g/mol. The van der Waals surface area contributed by atoms with E-state index in [1.165, 1.54) is 6.29 Å². The Bertz CT molecular complexity index is 368. The number of hydrogen-bond donors (Lipinski definition) is 0. The maximum atomic E-state index is 12.4. The summed E-state index contributed by atoms with van der Waals surface area (Å²) in [6.45, 7) is 0. The van der Waals surface area contributed by atoms with E-state index >= 15 is 0 Å². The Morgan fingerprint density at radius 3 is 1.88 bits per heavy atom. The van der Waals surface area contributed by atoms with E-state index in [0.29, 0.717) is 0 Å². The first-order valence-electron chi connectivity index (χ1n) is 3.88. The molecule has 2 nitrogen and oxygen atoms in total. The number of benzene rings is 1. The normalized spacial score (nSPS) is 12.3. The highest BCUT2D eigenvalue weighted by Gasteiger charge is 2.61. The zero-order valence-corrected chi connectivity index (χ0v) is 7.52. The van der Waals surface area contributed by atoms with Gasteiger partial charge in [-0.15, -0.1) is 0 Å². The van der Waals surface area contributed by atoms with Crippen LogP contribution in [0.3, 0.4) is 0 Å². The highest BCUT2D eigenvalue weighted by molar-refractivity contribution is 5.75. The van der Waals surface area contributed by atoms with Gasteiger partial charge in [-0.25, -0.2) is 0 Å². The molecule has 1 rings (SSSR count). The molecule has 7 heteroatoms. The summed E-state index contributed by atoms with van der Waals surface area (Å²) in [6, 6.07) is 3.66. The van der Waals surface area contributed by atoms with Crippen LogP contribution in [0.5, 0.6) is 5.75 Å². The van der Waals surface area contributed by atoms with Crippen molar-refractivity contribution >= 4 is 6.29 Å². The molecule has 0 atom stereocenters. The molecule has 0 aliphatic rings. The lowest BCUT2D eigenvalue weighted by molar-refractivity contribution is -0.360. The average Bonchev–Trinajstić information content (AvgIpc) is 2.16. The van der Waals surface area contributed by atoms with Gasteiger partial charge in [0.15, 0.2) is 0 Å². The molecule has 0 amide bonds. The Hall–Kier alpha value is -1.66. The average molecular weight is 239 g/mol. The second-order valence-electron chi connectivity index (χ2n) is 2.74. The summed E-state index contributed by atoms with van der Waals surface area (Å²) < 4.78 is 63.4. The number of ether oxygens (including phenoxy) is 1. The molecule has 0 fully saturated rings. The standard InChI is InChI=1S/C9H4F5O2/c10-8(11,12)9(13,14)16-7-3-1-6(5-15)2-4-7/h1-4H. The maximum Gasteiger partial charge on any atom is 0.499 e. The first-order chi connectivity index (χ1) is 7.26. The van der Waals surface area contributed by atoms with E-state index in [9.17, 15) is 26.7 Å². The van der Waals surface area contributed by atoms with E-state index in [1.807, 2.05) is 0 Å². The van der Waals surface area contributed by atoms with E-state index in [-0.39, 0.29) is 5.56 Å². The number of hydrogen-bond acceptors (Lipinski definition) is 2. The predicted octanol–water partition coefficient (Wildman–Crippen LogP) is 2.68. The van der Waals surface area contributed by atoms with Gasteiger partial charge in [0.05, 0.1) is 0 Å². The van der Waals surface area contributed by atoms with Crippen LogP contribution < -0.4 is 4.74 Å². The fraction of sp³-hybridized carbons (Fsp3) is 0.222. The highest BCUT2D eigenvalue weighted by Crippen LogP contribution is 2.37. The van der Waals surface area contributed by atoms with E-state index in [0.717, 1.165) is 24.3 Å². The molecule has 0 bridgehead atoms. The Morgan fingerprint density at radius 1 is 1.00 bits per heavy atom. The van der Waals surface area contributed by atoms with Gasteiger partial charge in [-0.05, 0) is 24.3 Å². The summed E-state index contributed by atoms with van der Waals surface area (Å²) in [4.78, 5) is 10.1. The van der Waals surface area contributed by atoms with Crippen LogP contribution in [-0.2, 0) is 4.79 Å². The summed E-state index contributed by atoms with van der Waals surface area (Å²) in [5, 5.41) is 0. The molecule has 87 valence electrons. The van der Waals surface area contributed by atoms with Gasteiger partial charge >= 0.3 is 12.3 Å². The van der Waals surface area contributed by atoms with Crippen LogP contribution in [0.25, 0.3) is 0 Å². The molecule has 0 aromatic heterocycles. The van der Waals surface area contributed by atoms with Gasteiger partial charge in [-0.2, -0.15) is 22.0 Å². The van der Waals surface area contributed by atoms with Crippen LogP contribution in [-0.4, -0.2) is 18.6 Å². The monoisotopic (exact) mass is 239 g/mol. The molecule has 0 saturated heterocycles. The molecule has 1 aromatic carbocycles. The molecule has 0 N–H and O–H groups in total. The van der Waals surface area contributed by atoms with E-state index in [2.05, 4.69) is 4.74 Å². The summed E-state index contributed by atoms with van der Waals surface area (Å²) in [5.41, 5.74) is 0.0164.